The first-order valence-electron chi connectivity index (χ1n) is 2.72. The maximum Gasteiger partial charge on any atom is 0.207 e. The van der Waals surface area contributed by atoms with Gasteiger partial charge in [0.1, 0.15) is 0 Å². The van der Waals surface area contributed by atoms with E-state index < -0.39 is 0 Å². The lowest BCUT2D eigenvalue weighted by Gasteiger charge is -2.31. The average Bonchev–Trinajstić information content (AvgIpc) is 1.79. The normalized spacial score (nSPS) is 35.6. The Balaban J connectivity index is 2.16. The Labute approximate surface area is 47.7 Å². The molecule has 0 aliphatic heterocycles. The van der Waals surface area contributed by atoms with Crippen LogP contribution >= 0.6 is 0 Å². The number of nitrogens with one attached hydrogen (secondary N) is 1. The number of carbonyl (C=O) groups is 1. The fraction of sp³-hybridized carbons (Fsp3) is 0.800. The van der Waals surface area contributed by atoms with Gasteiger partial charge in [-0.3, -0.25) is 4.79 Å². The van der Waals surface area contributed by atoms with Gasteiger partial charge in [0.2, 0.25) is 6.41 Å². The molecule has 1 aliphatic rings. The lowest BCUT2D eigenvalue weighted by atomic mass is 9.90. The number of carbonyl (C=O) groups excluding carboxylic acids is 1. The summed E-state index contributed by atoms with van der Waals surface area (Å²) < 4.78 is 0. The van der Waals surface area contributed by atoms with E-state index in [0.717, 1.165) is 12.8 Å². The first-order chi connectivity index (χ1) is 3.84. The highest BCUT2D eigenvalue weighted by molar-refractivity contribution is 5.47. The summed E-state index contributed by atoms with van der Waals surface area (Å²) in [6.07, 6.45) is 2.08. The lowest BCUT2D eigenvalue weighted by molar-refractivity contribution is -0.112. The van der Waals surface area contributed by atoms with Crippen molar-refractivity contribution in [1.82, 2.24) is 5.32 Å². The molecule has 1 rings (SSSR count). The molecule has 0 aromatic carbocycles. The summed E-state index contributed by atoms with van der Waals surface area (Å²) in [6, 6.07) is 0.0347. The number of amides is 1. The molecule has 3 heteroatoms. The van der Waals surface area contributed by atoms with Gasteiger partial charge in [-0.05, 0) is 12.8 Å². The van der Waals surface area contributed by atoms with Crippen molar-refractivity contribution in [2.24, 2.45) is 0 Å². The van der Waals surface area contributed by atoms with Crippen LogP contribution < -0.4 is 5.32 Å². The van der Waals surface area contributed by atoms with E-state index in [2.05, 4.69) is 5.32 Å². The van der Waals surface area contributed by atoms with E-state index >= 15 is 0 Å². The van der Waals surface area contributed by atoms with Gasteiger partial charge in [0.25, 0.3) is 0 Å². The molecule has 46 valence electrons. The Kier molecular flexibility index (Phi) is 1.48. The molecule has 0 radical (unpaired) electrons. The van der Waals surface area contributed by atoms with E-state index in [4.69, 9.17) is 5.11 Å². The van der Waals surface area contributed by atoms with Gasteiger partial charge in [-0.2, -0.15) is 0 Å². The van der Waals surface area contributed by atoms with Crippen molar-refractivity contribution in [2.75, 3.05) is 0 Å². The van der Waals surface area contributed by atoms with Crippen LogP contribution in [0, 0.1) is 0 Å². The zero-order valence-electron chi connectivity index (χ0n) is 4.50. The average molecular weight is 115 g/mol. The minimum atomic E-state index is -0.291. The first-order valence-corrected chi connectivity index (χ1v) is 2.72. The zero-order chi connectivity index (χ0) is 5.98. The number of rotatable bonds is 2. The zero-order valence-corrected chi connectivity index (χ0v) is 4.50. The minimum Gasteiger partial charge on any atom is -0.391 e. The predicted molar refractivity (Wildman–Crippen MR) is 28.2 cm³/mol. The van der Waals surface area contributed by atoms with Gasteiger partial charge >= 0.3 is 0 Å². The summed E-state index contributed by atoms with van der Waals surface area (Å²) in [6.45, 7) is 0. The SMILES string of the molecule is O=CN[C@H]1CC[C@H]1O. The van der Waals surface area contributed by atoms with Crippen LogP contribution in [0.1, 0.15) is 12.8 Å². The molecular weight excluding hydrogens is 106 g/mol. The highest BCUT2D eigenvalue weighted by Crippen LogP contribution is 2.18. The van der Waals surface area contributed by atoms with Crippen LogP contribution in [0.2, 0.25) is 0 Å². The molecule has 1 amide bonds. The lowest BCUT2D eigenvalue weighted by Crippen LogP contribution is -2.47. The first kappa shape index (κ1) is 5.56. The molecule has 0 unspecified atom stereocenters. The number of hydrogen-bond donors (Lipinski definition) is 2. The van der Waals surface area contributed by atoms with Gasteiger partial charge in [0.15, 0.2) is 0 Å². The predicted octanol–water partition coefficient (Wildman–Crippen LogP) is -0.744. The third-order valence-electron chi connectivity index (χ3n) is 1.52. The van der Waals surface area contributed by atoms with Crippen LogP contribution in [-0.4, -0.2) is 23.7 Å². The van der Waals surface area contributed by atoms with Gasteiger partial charge in [-0.25, -0.2) is 0 Å². The summed E-state index contributed by atoms with van der Waals surface area (Å²) in [5.41, 5.74) is 0. The minimum absolute atomic E-state index is 0.0347. The van der Waals surface area contributed by atoms with E-state index in [1.807, 2.05) is 0 Å². The molecule has 0 saturated heterocycles. The molecule has 0 heterocycles. The summed E-state index contributed by atoms with van der Waals surface area (Å²) in [5, 5.41) is 11.3. The number of aliphatic hydroxyl groups excluding tert-OH is 1. The standard InChI is InChI=1S/C5H9NO2/c7-3-6-4-1-2-5(4)8/h3-5,8H,1-2H2,(H,6,7)/t4-,5+/m0/s1. The molecule has 0 spiro atoms. The van der Waals surface area contributed by atoms with Gasteiger partial charge in [-0.1, -0.05) is 0 Å². The van der Waals surface area contributed by atoms with Crippen molar-refractivity contribution >= 4 is 6.41 Å². The molecule has 0 bridgehead atoms. The van der Waals surface area contributed by atoms with Crippen LogP contribution in [0.5, 0.6) is 0 Å². The summed E-state index contributed by atoms with van der Waals surface area (Å²) in [7, 11) is 0. The Morgan fingerprint density at radius 2 is 2.38 bits per heavy atom. The highest BCUT2D eigenvalue weighted by Gasteiger charge is 2.27. The Bertz CT molecular complexity index is 94.4. The van der Waals surface area contributed by atoms with Crippen molar-refractivity contribution in [1.29, 1.82) is 0 Å². The van der Waals surface area contributed by atoms with E-state index in [1.165, 1.54) is 0 Å². The van der Waals surface area contributed by atoms with Crippen LogP contribution in [-0.2, 0) is 4.79 Å². The van der Waals surface area contributed by atoms with Gasteiger partial charge in [-0.15, -0.1) is 0 Å². The van der Waals surface area contributed by atoms with Gasteiger partial charge in [0, 0.05) is 0 Å². The quantitative estimate of drug-likeness (QED) is 0.465. The Hall–Kier alpha value is -0.570. The second-order valence-electron chi connectivity index (χ2n) is 2.04. The van der Waals surface area contributed by atoms with E-state index in [0.29, 0.717) is 6.41 Å². The molecule has 0 aromatic rings. The smallest absolute Gasteiger partial charge is 0.207 e. The second kappa shape index (κ2) is 2.13. The summed E-state index contributed by atoms with van der Waals surface area (Å²) in [4.78, 5) is 9.73. The molecule has 2 N–H and O–H groups in total. The third kappa shape index (κ3) is 0.816. The Morgan fingerprint density at radius 1 is 1.62 bits per heavy atom. The third-order valence-corrected chi connectivity index (χ3v) is 1.52. The monoisotopic (exact) mass is 115 g/mol. The van der Waals surface area contributed by atoms with E-state index in [1.54, 1.807) is 0 Å². The number of aliphatic hydroxyl groups is 1. The fourth-order valence-electron chi connectivity index (χ4n) is 0.764. The molecule has 1 fully saturated rings. The van der Waals surface area contributed by atoms with Crippen LogP contribution in [0.25, 0.3) is 0 Å². The van der Waals surface area contributed by atoms with E-state index in [9.17, 15) is 4.79 Å². The van der Waals surface area contributed by atoms with Crippen LogP contribution in [0.3, 0.4) is 0 Å². The molecule has 8 heavy (non-hydrogen) atoms. The molecule has 2 atom stereocenters. The number of hydrogen-bond acceptors (Lipinski definition) is 2. The Morgan fingerprint density at radius 3 is 2.50 bits per heavy atom. The second-order valence-corrected chi connectivity index (χ2v) is 2.04. The molecule has 3 nitrogen and oxygen atoms in total. The molecule has 0 aromatic heterocycles. The van der Waals surface area contributed by atoms with Crippen LogP contribution in [0.4, 0.5) is 0 Å². The summed E-state index contributed by atoms with van der Waals surface area (Å²) >= 11 is 0. The summed E-state index contributed by atoms with van der Waals surface area (Å²) in [5.74, 6) is 0. The van der Waals surface area contributed by atoms with Crippen molar-refractivity contribution in [3.63, 3.8) is 0 Å². The van der Waals surface area contributed by atoms with Crippen molar-refractivity contribution in [3.05, 3.63) is 0 Å². The maximum absolute atomic E-state index is 9.73. The fourth-order valence-corrected chi connectivity index (χ4v) is 0.764. The maximum atomic E-state index is 9.73. The van der Waals surface area contributed by atoms with Crippen LogP contribution in [0.15, 0.2) is 0 Å². The molecule has 1 saturated carbocycles. The molecular formula is C5H9NO2. The van der Waals surface area contributed by atoms with Crippen molar-refractivity contribution < 1.29 is 9.90 Å². The van der Waals surface area contributed by atoms with Crippen molar-refractivity contribution in [2.45, 2.75) is 25.0 Å². The highest BCUT2D eigenvalue weighted by atomic mass is 16.3. The van der Waals surface area contributed by atoms with Crippen molar-refractivity contribution in [3.8, 4) is 0 Å². The topological polar surface area (TPSA) is 49.3 Å². The largest absolute Gasteiger partial charge is 0.391 e. The molecule has 1 aliphatic carbocycles. The van der Waals surface area contributed by atoms with Gasteiger partial charge in [0.05, 0.1) is 12.1 Å². The van der Waals surface area contributed by atoms with Gasteiger partial charge < -0.3 is 10.4 Å². The van der Waals surface area contributed by atoms with E-state index in [-0.39, 0.29) is 12.1 Å².